The lowest BCUT2D eigenvalue weighted by Crippen LogP contribution is -2.26. The van der Waals surface area contributed by atoms with Crippen molar-refractivity contribution in [2.24, 2.45) is 5.84 Å². The summed E-state index contributed by atoms with van der Waals surface area (Å²) in [5.41, 5.74) is 3.64. The van der Waals surface area contributed by atoms with E-state index < -0.39 is 0 Å². The third kappa shape index (κ3) is 3.30. The SMILES string of the molecule is CC(NC(=O)c1ccc(NN)nc1)c1ccc(F)cc1. The van der Waals surface area contributed by atoms with Gasteiger partial charge in [0.1, 0.15) is 11.6 Å². The maximum Gasteiger partial charge on any atom is 0.253 e. The first-order chi connectivity index (χ1) is 9.60. The number of aromatic nitrogens is 1. The Kier molecular flexibility index (Phi) is 4.27. The Bertz CT molecular complexity index is 583. The lowest BCUT2D eigenvalue weighted by molar-refractivity contribution is 0.0939. The first-order valence-corrected chi connectivity index (χ1v) is 6.09. The Morgan fingerprint density at radius 1 is 1.25 bits per heavy atom. The molecule has 6 heteroatoms. The molecule has 104 valence electrons. The number of hydrogen-bond donors (Lipinski definition) is 3. The highest BCUT2D eigenvalue weighted by Gasteiger charge is 2.11. The second kappa shape index (κ2) is 6.12. The van der Waals surface area contributed by atoms with Crippen LogP contribution in [0.25, 0.3) is 0 Å². The van der Waals surface area contributed by atoms with Crippen LogP contribution >= 0.6 is 0 Å². The quantitative estimate of drug-likeness (QED) is 0.588. The van der Waals surface area contributed by atoms with Gasteiger partial charge in [0.2, 0.25) is 0 Å². The molecule has 1 heterocycles. The molecule has 0 saturated heterocycles. The van der Waals surface area contributed by atoms with Crippen LogP contribution in [0.1, 0.15) is 28.9 Å². The minimum absolute atomic E-state index is 0.226. The number of nitrogens with two attached hydrogens (primary N) is 1. The Hall–Kier alpha value is -2.47. The second-order valence-corrected chi connectivity index (χ2v) is 4.32. The molecule has 1 aromatic carbocycles. The molecule has 0 radical (unpaired) electrons. The topological polar surface area (TPSA) is 80.0 Å². The van der Waals surface area contributed by atoms with Crippen LogP contribution in [0.3, 0.4) is 0 Å². The molecule has 5 nitrogen and oxygen atoms in total. The number of nitrogens with one attached hydrogen (secondary N) is 2. The fourth-order valence-corrected chi connectivity index (χ4v) is 1.73. The maximum absolute atomic E-state index is 12.8. The summed E-state index contributed by atoms with van der Waals surface area (Å²) in [6.07, 6.45) is 1.43. The zero-order valence-corrected chi connectivity index (χ0v) is 10.9. The van der Waals surface area contributed by atoms with Crippen LogP contribution in [0.2, 0.25) is 0 Å². The number of pyridine rings is 1. The zero-order valence-electron chi connectivity index (χ0n) is 10.9. The van der Waals surface area contributed by atoms with Crippen molar-refractivity contribution in [3.05, 3.63) is 59.5 Å². The average molecular weight is 274 g/mol. The fourth-order valence-electron chi connectivity index (χ4n) is 1.73. The molecule has 0 spiro atoms. The molecule has 1 aromatic heterocycles. The molecule has 2 aromatic rings. The number of nitrogens with zero attached hydrogens (tertiary/aromatic N) is 1. The van der Waals surface area contributed by atoms with E-state index in [2.05, 4.69) is 15.7 Å². The number of anilines is 1. The molecule has 0 aliphatic carbocycles. The van der Waals surface area contributed by atoms with Crippen molar-refractivity contribution in [3.8, 4) is 0 Å². The third-order valence-electron chi connectivity index (χ3n) is 2.89. The number of hydrogen-bond acceptors (Lipinski definition) is 4. The smallest absolute Gasteiger partial charge is 0.253 e. The molecule has 0 bridgehead atoms. The van der Waals surface area contributed by atoms with Gasteiger partial charge in [-0.1, -0.05) is 12.1 Å². The molecular weight excluding hydrogens is 259 g/mol. The summed E-state index contributed by atoms with van der Waals surface area (Å²) in [5, 5.41) is 2.82. The average Bonchev–Trinajstić information content (AvgIpc) is 2.48. The van der Waals surface area contributed by atoms with Crippen molar-refractivity contribution in [2.75, 3.05) is 5.43 Å². The molecule has 0 fully saturated rings. The molecule has 1 atom stereocenters. The number of rotatable bonds is 4. The maximum atomic E-state index is 12.8. The Balaban J connectivity index is 2.04. The zero-order chi connectivity index (χ0) is 14.5. The molecular formula is C14H15FN4O. The molecule has 2 rings (SSSR count). The van der Waals surface area contributed by atoms with E-state index in [0.29, 0.717) is 11.4 Å². The fraction of sp³-hybridized carbons (Fsp3) is 0.143. The normalized spacial score (nSPS) is 11.8. The van der Waals surface area contributed by atoms with E-state index in [0.717, 1.165) is 5.56 Å². The van der Waals surface area contributed by atoms with Crippen molar-refractivity contribution in [1.29, 1.82) is 0 Å². The van der Waals surface area contributed by atoms with Gasteiger partial charge >= 0.3 is 0 Å². The van der Waals surface area contributed by atoms with Gasteiger partial charge in [-0.05, 0) is 36.8 Å². The summed E-state index contributed by atoms with van der Waals surface area (Å²) in [5.74, 6) is 5.12. The van der Waals surface area contributed by atoms with Crippen LogP contribution in [0.4, 0.5) is 10.2 Å². The predicted octanol–water partition coefficient (Wildman–Crippen LogP) is 2.00. The molecule has 0 saturated carbocycles. The Labute approximate surface area is 116 Å². The predicted molar refractivity (Wildman–Crippen MR) is 74.3 cm³/mol. The van der Waals surface area contributed by atoms with Gasteiger partial charge in [0, 0.05) is 6.20 Å². The van der Waals surface area contributed by atoms with E-state index in [1.54, 1.807) is 24.3 Å². The van der Waals surface area contributed by atoms with E-state index in [1.807, 2.05) is 6.92 Å². The third-order valence-corrected chi connectivity index (χ3v) is 2.89. The van der Waals surface area contributed by atoms with Gasteiger partial charge in [-0.3, -0.25) is 4.79 Å². The highest BCUT2D eigenvalue weighted by molar-refractivity contribution is 5.94. The van der Waals surface area contributed by atoms with Crippen molar-refractivity contribution >= 4 is 11.7 Å². The van der Waals surface area contributed by atoms with Gasteiger partial charge < -0.3 is 10.7 Å². The molecule has 0 aliphatic rings. The molecule has 0 aliphatic heterocycles. The van der Waals surface area contributed by atoms with Crippen LogP contribution < -0.4 is 16.6 Å². The first-order valence-electron chi connectivity index (χ1n) is 6.09. The number of benzene rings is 1. The van der Waals surface area contributed by atoms with Gasteiger partial charge in [-0.2, -0.15) is 0 Å². The van der Waals surface area contributed by atoms with Crippen molar-refractivity contribution in [2.45, 2.75) is 13.0 Å². The Morgan fingerprint density at radius 2 is 1.95 bits per heavy atom. The monoisotopic (exact) mass is 274 g/mol. The number of amides is 1. The lowest BCUT2D eigenvalue weighted by atomic mass is 10.1. The second-order valence-electron chi connectivity index (χ2n) is 4.32. The molecule has 4 N–H and O–H groups in total. The molecule has 1 unspecified atom stereocenters. The number of carbonyl (C=O) groups is 1. The van der Waals surface area contributed by atoms with Crippen LogP contribution in [0, 0.1) is 5.82 Å². The van der Waals surface area contributed by atoms with E-state index in [9.17, 15) is 9.18 Å². The minimum Gasteiger partial charge on any atom is -0.345 e. The van der Waals surface area contributed by atoms with Gasteiger partial charge in [-0.15, -0.1) is 0 Å². The van der Waals surface area contributed by atoms with E-state index in [1.165, 1.54) is 18.3 Å². The van der Waals surface area contributed by atoms with Crippen molar-refractivity contribution in [3.63, 3.8) is 0 Å². The summed E-state index contributed by atoms with van der Waals surface area (Å²) in [6, 6.07) is 9.00. The van der Waals surface area contributed by atoms with Crippen LogP contribution in [-0.4, -0.2) is 10.9 Å². The number of halogens is 1. The highest BCUT2D eigenvalue weighted by Crippen LogP contribution is 2.14. The summed E-state index contributed by atoms with van der Waals surface area (Å²) in [7, 11) is 0. The van der Waals surface area contributed by atoms with Crippen molar-refractivity contribution in [1.82, 2.24) is 10.3 Å². The van der Waals surface area contributed by atoms with Crippen LogP contribution in [0.15, 0.2) is 42.6 Å². The van der Waals surface area contributed by atoms with Crippen LogP contribution in [-0.2, 0) is 0 Å². The van der Waals surface area contributed by atoms with Gasteiger partial charge in [-0.25, -0.2) is 15.2 Å². The summed E-state index contributed by atoms with van der Waals surface area (Å²) >= 11 is 0. The minimum atomic E-state index is -0.304. The van der Waals surface area contributed by atoms with Gasteiger partial charge in [0.15, 0.2) is 0 Å². The summed E-state index contributed by atoms with van der Waals surface area (Å²) < 4.78 is 12.8. The molecule has 1 amide bonds. The van der Waals surface area contributed by atoms with E-state index in [4.69, 9.17) is 5.84 Å². The number of carbonyl (C=O) groups excluding carboxylic acids is 1. The van der Waals surface area contributed by atoms with E-state index >= 15 is 0 Å². The van der Waals surface area contributed by atoms with Gasteiger partial charge in [0.25, 0.3) is 5.91 Å². The highest BCUT2D eigenvalue weighted by atomic mass is 19.1. The largest absolute Gasteiger partial charge is 0.345 e. The number of nitrogen functional groups attached to an aromatic ring is 1. The molecule has 20 heavy (non-hydrogen) atoms. The van der Waals surface area contributed by atoms with E-state index in [-0.39, 0.29) is 17.8 Å². The lowest BCUT2D eigenvalue weighted by Gasteiger charge is -2.14. The van der Waals surface area contributed by atoms with Crippen molar-refractivity contribution < 1.29 is 9.18 Å². The standard InChI is InChI=1S/C14H15FN4O/c1-9(10-2-5-12(15)6-3-10)18-14(20)11-4-7-13(19-16)17-8-11/h2-9H,16H2,1H3,(H,17,19)(H,18,20). The van der Waals surface area contributed by atoms with Gasteiger partial charge in [0.05, 0.1) is 11.6 Å². The van der Waals surface area contributed by atoms with Crippen LogP contribution in [0.5, 0.6) is 0 Å². The number of hydrazine groups is 1. The summed E-state index contributed by atoms with van der Waals surface area (Å²) in [4.78, 5) is 16.0. The Morgan fingerprint density at radius 3 is 2.50 bits per heavy atom. The first kappa shape index (κ1) is 14.0. The summed E-state index contributed by atoms with van der Waals surface area (Å²) in [6.45, 7) is 1.83.